The maximum absolute atomic E-state index is 13.4. The Kier molecular flexibility index (Phi) is 21.1. The minimum Gasteiger partial charge on any atom is -0.459 e. The highest BCUT2D eigenvalue weighted by molar-refractivity contribution is 5.90. The van der Waals surface area contributed by atoms with Crippen molar-refractivity contribution in [3.8, 4) is 22.8 Å². The van der Waals surface area contributed by atoms with Gasteiger partial charge in [-0.2, -0.15) is 0 Å². The van der Waals surface area contributed by atoms with E-state index in [9.17, 15) is 9.59 Å². The number of aryl methyl sites for hydroxylation is 2. The molecule has 69 heavy (non-hydrogen) atoms. The second kappa shape index (κ2) is 27.8. The molecule has 0 aliphatic heterocycles. The van der Waals surface area contributed by atoms with Gasteiger partial charge in [-0.3, -0.25) is 0 Å². The molecule has 0 radical (unpaired) electrons. The van der Waals surface area contributed by atoms with Gasteiger partial charge in [0.25, 0.3) is 0 Å². The lowest BCUT2D eigenvalue weighted by Crippen LogP contribution is -2.16. The topological polar surface area (TPSA) is 113 Å². The fourth-order valence-electron chi connectivity index (χ4n) is 8.40. The van der Waals surface area contributed by atoms with Crippen LogP contribution in [0.2, 0.25) is 0 Å². The van der Waals surface area contributed by atoms with Gasteiger partial charge in [0.05, 0.1) is 23.3 Å². The van der Waals surface area contributed by atoms with Crippen LogP contribution in [0, 0.1) is 0 Å². The molecule has 0 fully saturated rings. The molecular formula is C60H74N4O5. The van der Waals surface area contributed by atoms with Crippen molar-refractivity contribution in [3.05, 3.63) is 166 Å². The zero-order valence-electron chi connectivity index (χ0n) is 42.0. The summed E-state index contributed by atoms with van der Waals surface area (Å²) in [5, 5.41) is 0. The largest absolute Gasteiger partial charge is 0.459 e. The number of carbonyl (C=O) groups excluding carboxylic acids is 2. The van der Waals surface area contributed by atoms with E-state index in [1.165, 1.54) is 12.8 Å². The molecule has 0 N–H and O–H groups in total. The van der Waals surface area contributed by atoms with E-state index in [-0.39, 0.29) is 24.1 Å². The Morgan fingerprint density at radius 1 is 0.420 bits per heavy atom. The summed E-state index contributed by atoms with van der Waals surface area (Å²) in [5.74, 6) is 0.635. The van der Waals surface area contributed by atoms with Gasteiger partial charge >= 0.3 is 11.9 Å². The Labute approximate surface area is 411 Å². The number of aromatic nitrogens is 4. The molecule has 0 aliphatic carbocycles. The standard InChI is InChI=1S/C60H74N4O5/c1-7-11-15-17-19-43(5)67-59(65)53-35-27-49(28-36-53)55(47-23-31-51(32-24-47)57-61-39-45(40-62-57)21-13-9-3)69-56(48-25-33-52(34-26-48)58-63-41-46(42-64-58)22-14-10-4)50-29-37-54(38-30-50)60(66)68-44(6)20-18-16-12-8-2/h23-44,55-56H,7-22H2,1-6H3. The number of hydrogen-bond donors (Lipinski definition) is 0. The Balaban J connectivity index is 1.33. The van der Waals surface area contributed by atoms with Crippen LogP contribution in [-0.2, 0) is 27.1 Å². The highest BCUT2D eigenvalue weighted by atomic mass is 16.5. The molecule has 6 rings (SSSR count). The van der Waals surface area contributed by atoms with Gasteiger partial charge < -0.3 is 14.2 Å². The first-order valence-electron chi connectivity index (χ1n) is 25.8. The molecule has 4 atom stereocenters. The lowest BCUT2D eigenvalue weighted by Gasteiger charge is -2.27. The van der Waals surface area contributed by atoms with Crippen molar-refractivity contribution in [2.45, 2.75) is 169 Å². The van der Waals surface area contributed by atoms with Gasteiger partial charge in [-0.05, 0) is 123 Å². The Bertz CT molecular complexity index is 2250. The molecule has 9 nitrogen and oxygen atoms in total. The first kappa shape index (κ1) is 52.3. The van der Waals surface area contributed by atoms with Crippen LogP contribution < -0.4 is 0 Å². The molecule has 2 aromatic heterocycles. The third-order valence-corrected chi connectivity index (χ3v) is 12.7. The van der Waals surface area contributed by atoms with Crippen molar-refractivity contribution in [2.75, 3.05) is 0 Å². The highest BCUT2D eigenvalue weighted by Gasteiger charge is 2.26. The predicted octanol–water partition coefficient (Wildman–Crippen LogP) is 15.2. The molecule has 0 aliphatic rings. The van der Waals surface area contributed by atoms with Crippen molar-refractivity contribution >= 4 is 11.9 Å². The van der Waals surface area contributed by atoms with Gasteiger partial charge in [0.15, 0.2) is 11.6 Å². The minimum absolute atomic E-state index is 0.170. The average molecular weight is 931 g/mol. The molecule has 4 unspecified atom stereocenters. The summed E-state index contributed by atoms with van der Waals surface area (Å²) < 4.78 is 19.1. The lowest BCUT2D eigenvalue weighted by atomic mass is 9.95. The molecule has 0 saturated heterocycles. The molecule has 4 aromatic carbocycles. The van der Waals surface area contributed by atoms with E-state index >= 15 is 0 Å². The van der Waals surface area contributed by atoms with Gasteiger partial charge in [-0.15, -0.1) is 0 Å². The van der Waals surface area contributed by atoms with Crippen molar-refractivity contribution in [1.82, 2.24) is 19.9 Å². The number of ether oxygens (including phenoxy) is 3. The number of hydrogen-bond acceptors (Lipinski definition) is 9. The average Bonchev–Trinajstić information content (AvgIpc) is 3.38. The quantitative estimate of drug-likeness (QED) is 0.0350. The maximum Gasteiger partial charge on any atom is 0.338 e. The smallest absolute Gasteiger partial charge is 0.338 e. The van der Waals surface area contributed by atoms with Gasteiger partial charge in [0, 0.05) is 35.9 Å². The molecule has 0 bridgehead atoms. The van der Waals surface area contributed by atoms with Crippen LogP contribution in [0.5, 0.6) is 0 Å². The third-order valence-electron chi connectivity index (χ3n) is 12.7. The van der Waals surface area contributed by atoms with Crippen LogP contribution in [0.3, 0.4) is 0 Å². The first-order chi connectivity index (χ1) is 33.7. The molecule has 0 spiro atoms. The van der Waals surface area contributed by atoms with E-state index in [1.54, 1.807) is 0 Å². The van der Waals surface area contributed by atoms with Gasteiger partial charge in [0.2, 0.25) is 0 Å². The second-order valence-electron chi connectivity index (χ2n) is 18.6. The van der Waals surface area contributed by atoms with Gasteiger partial charge in [-0.25, -0.2) is 29.5 Å². The van der Waals surface area contributed by atoms with Gasteiger partial charge in [-0.1, -0.05) is 152 Å². The summed E-state index contributed by atoms with van der Waals surface area (Å²) in [5.41, 5.74) is 8.54. The monoisotopic (exact) mass is 931 g/mol. The van der Waals surface area contributed by atoms with Crippen LogP contribution >= 0.6 is 0 Å². The number of rotatable bonds is 28. The van der Waals surface area contributed by atoms with Crippen molar-refractivity contribution < 1.29 is 23.8 Å². The molecule has 0 saturated carbocycles. The number of carbonyl (C=O) groups is 2. The van der Waals surface area contributed by atoms with E-state index in [2.05, 4.69) is 52.0 Å². The normalized spacial score (nSPS) is 13.1. The molecule has 0 amide bonds. The van der Waals surface area contributed by atoms with Crippen molar-refractivity contribution in [2.24, 2.45) is 0 Å². The SMILES string of the molecule is CCCCCCC(C)OC(=O)c1ccc(C(OC(c2ccc(C(=O)OC(C)CCCCCC)cc2)c2ccc(-c3ncc(CCCC)cn3)cc2)c2ccc(-c3ncc(CCCC)cn3)cc2)cc1. The summed E-state index contributed by atoms with van der Waals surface area (Å²) in [6, 6.07) is 31.4. The summed E-state index contributed by atoms with van der Waals surface area (Å²) in [6.07, 6.45) is 23.2. The van der Waals surface area contributed by atoms with Crippen molar-refractivity contribution in [1.29, 1.82) is 0 Å². The Morgan fingerprint density at radius 3 is 1.06 bits per heavy atom. The Hall–Kier alpha value is -6.06. The third kappa shape index (κ3) is 16.0. The molecule has 9 heteroatoms. The fraction of sp³-hybridized carbons (Fsp3) is 0.433. The first-order valence-corrected chi connectivity index (χ1v) is 25.8. The van der Waals surface area contributed by atoms with E-state index < -0.39 is 12.2 Å². The van der Waals surface area contributed by atoms with E-state index in [0.29, 0.717) is 22.8 Å². The molecule has 2 heterocycles. The molecular weight excluding hydrogens is 857 g/mol. The van der Waals surface area contributed by atoms with E-state index in [0.717, 1.165) is 134 Å². The fourth-order valence-corrected chi connectivity index (χ4v) is 8.40. The lowest BCUT2D eigenvalue weighted by molar-refractivity contribution is 0.0298. The summed E-state index contributed by atoms with van der Waals surface area (Å²) >= 11 is 0. The number of unbranched alkanes of at least 4 members (excludes halogenated alkanes) is 8. The van der Waals surface area contributed by atoms with Crippen LogP contribution in [0.4, 0.5) is 0 Å². The zero-order chi connectivity index (χ0) is 48.8. The van der Waals surface area contributed by atoms with Crippen LogP contribution in [0.15, 0.2) is 122 Å². The number of esters is 2. The number of benzene rings is 4. The van der Waals surface area contributed by atoms with E-state index in [4.69, 9.17) is 34.1 Å². The van der Waals surface area contributed by atoms with Crippen LogP contribution in [-0.4, -0.2) is 44.1 Å². The van der Waals surface area contributed by atoms with Crippen LogP contribution in [0.25, 0.3) is 22.8 Å². The molecule has 6 aromatic rings. The van der Waals surface area contributed by atoms with Crippen molar-refractivity contribution in [3.63, 3.8) is 0 Å². The molecule has 364 valence electrons. The predicted molar refractivity (Wildman–Crippen MR) is 277 cm³/mol. The summed E-state index contributed by atoms with van der Waals surface area (Å²) in [7, 11) is 0. The number of nitrogens with zero attached hydrogens (tertiary/aromatic N) is 4. The maximum atomic E-state index is 13.4. The summed E-state index contributed by atoms with van der Waals surface area (Å²) in [6.45, 7) is 12.7. The highest BCUT2D eigenvalue weighted by Crippen LogP contribution is 2.38. The second-order valence-corrected chi connectivity index (χ2v) is 18.6. The Morgan fingerprint density at radius 2 is 0.739 bits per heavy atom. The zero-order valence-corrected chi connectivity index (χ0v) is 42.0. The summed E-state index contributed by atoms with van der Waals surface area (Å²) in [4.78, 5) is 45.6. The minimum atomic E-state index is -0.583. The van der Waals surface area contributed by atoms with Crippen LogP contribution in [0.1, 0.15) is 198 Å². The van der Waals surface area contributed by atoms with E-state index in [1.807, 2.05) is 111 Å². The van der Waals surface area contributed by atoms with Gasteiger partial charge in [0.1, 0.15) is 12.2 Å².